The molecule has 0 heterocycles. The zero-order valence-corrected chi connectivity index (χ0v) is 13.2. The molecule has 0 radical (unpaired) electrons. The van der Waals surface area contributed by atoms with Crippen LogP contribution in [0.15, 0.2) is 24.3 Å². The van der Waals surface area contributed by atoms with Gasteiger partial charge in [0.15, 0.2) is 0 Å². The fourth-order valence-electron chi connectivity index (χ4n) is 2.01. The molecule has 1 aromatic rings. The van der Waals surface area contributed by atoms with E-state index in [1.54, 1.807) is 0 Å². The summed E-state index contributed by atoms with van der Waals surface area (Å²) >= 11 is 0. The second-order valence-corrected chi connectivity index (χ2v) is 5.74. The Balaban J connectivity index is 2.71. The summed E-state index contributed by atoms with van der Waals surface area (Å²) in [4.78, 5) is 13.8. The molecule has 1 aromatic carbocycles. The maximum absolute atomic E-state index is 11.8. The zero-order chi connectivity index (χ0) is 15.1. The minimum atomic E-state index is 0.0501. The number of nitrogens with zero attached hydrogens (tertiary/aromatic N) is 1. The molecule has 0 spiro atoms. The summed E-state index contributed by atoms with van der Waals surface area (Å²) in [6.45, 7) is 9.38. The van der Waals surface area contributed by atoms with Crippen molar-refractivity contribution in [3.63, 3.8) is 0 Å². The SMILES string of the molecule is CC(C)NCc1ccccc1N(C)CC(=O)NC(C)C. The number of carbonyl (C=O) groups is 1. The highest BCUT2D eigenvalue weighted by Crippen LogP contribution is 2.18. The van der Waals surface area contributed by atoms with E-state index in [4.69, 9.17) is 0 Å². The van der Waals surface area contributed by atoms with E-state index >= 15 is 0 Å². The molecular weight excluding hydrogens is 250 g/mol. The Labute approximate surface area is 122 Å². The number of amides is 1. The first-order valence-corrected chi connectivity index (χ1v) is 7.22. The van der Waals surface area contributed by atoms with Crippen LogP contribution in [0.1, 0.15) is 33.3 Å². The molecule has 112 valence electrons. The van der Waals surface area contributed by atoms with Crippen LogP contribution in [-0.2, 0) is 11.3 Å². The summed E-state index contributed by atoms with van der Waals surface area (Å²) in [6.07, 6.45) is 0. The van der Waals surface area contributed by atoms with Gasteiger partial charge in [0, 0.05) is 31.4 Å². The number of anilines is 1. The van der Waals surface area contributed by atoms with Gasteiger partial charge in [-0.1, -0.05) is 32.0 Å². The maximum Gasteiger partial charge on any atom is 0.239 e. The third-order valence-corrected chi connectivity index (χ3v) is 2.93. The van der Waals surface area contributed by atoms with Gasteiger partial charge in [0.2, 0.25) is 5.91 Å². The first-order valence-electron chi connectivity index (χ1n) is 7.22. The van der Waals surface area contributed by atoms with Crippen LogP contribution in [0.3, 0.4) is 0 Å². The maximum atomic E-state index is 11.8. The van der Waals surface area contributed by atoms with Crippen molar-refractivity contribution in [3.8, 4) is 0 Å². The molecule has 0 aliphatic carbocycles. The van der Waals surface area contributed by atoms with E-state index in [2.05, 4.69) is 36.6 Å². The number of likely N-dealkylation sites (N-methyl/N-ethyl adjacent to an activating group) is 1. The molecule has 0 atom stereocenters. The molecule has 4 heteroatoms. The van der Waals surface area contributed by atoms with E-state index < -0.39 is 0 Å². The van der Waals surface area contributed by atoms with Gasteiger partial charge in [-0.15, -0.1) is 0 Å². The number of rotatable bonds is 7. The summed E-state index contributed by atoms with van der Waals surface area (Å²) in [5.74, 6) is 0.0501. The van der Waals surface area contributed by atoms with Crippen LogP contribution in [0, 0.1) is 0 Å². The molecule has 20 heavy (non-hydrogen) atoms. The van der Waals surface area contributed by atoms with E-state index in [-0.39, 0.29) is 11.9 Å². The number of nitrogens with one attached hydrogen (secondary N) is 2. The van der Waals surface area contributed by atoms with Crippen molar-refractivity contribution in [2.75, 3.05) is 18.5 Å². The number of hydrogen-bond acceptors (Lipinski definition) is 3. The Morgan fingerprint density at radius 2 is 1.80 bits per heavy atom. The standard InChI is InChI=1S/C16H27N3O/c1-12(2)17-10-14-8-6-7-9-15(14)19(5)11-16(20)18-13(3)4/h6-9,12-13,17H,10-11H2,1-5H3,(H,18,20). The molecule has 1 rings (SSSR count). The zero-order valence-electron chi connectivity index (χ0n) is 13.2. The third-order valence-electron chi connectivity index (χ3n) is 2.93. The molecule has 0 saturated carbocycles. The van der Waals surface area contributed by atoms with Gasteiger partial charge in [-0.05, 0) is 25.5 Å². The second-order valence-electron chi connectivity index (χ2n) is 5.74. The smallest absolute Gasteiger partial charge is 0.239 e. The highest BCUT2D eigenvalue weighted by Gasteiger charge is 2.11. The molecule has 0 unspecified atom stereocenters. The van der Waals surface area contributed by atoms with Crippen molar-refractivity contribution in [3.05, 3.63) is 29.8 Å². The third kappa shape index (κ3) is 5.61. The van der Waals surface area contributed by atoms with Crippen molar-refractivity contribution in [2.45, 2.75) is 46.3 Å². The summed E-state index contributed by atoms with van der Waals surface area (Å²) in [7, 11) is 1.95. The quantitative estimate of drug-likeness (QED) is 0.802. The Bertz CT molecular complexity index is 429. The lowest BCUT2D eigenvalue weighted by Gasteiger charge is -2.23. The van der Waals surface area contributed by atoms with Gasteiger partial charge in [-0.3, -0.25) is 4.79 Å². The van der Waals surface area contributed by atoms with Gasteiger partial charge in [0.05, 0.1) is 6.54 Å². The largest absolute Gasteiger partial charge is 0.365 e. The van der Waals surface area contributed by atoms with Crippen LogP contribution >= 0.6 is 0 Å². The first kappa shape index (κ1) is 16.5. The van der Waals surface area contributed by atoms with Crippen LogP contribution < -0.4 is 15.5 Å². The number of para-hydroxylation sites is 1. The monoisotopic (exact) mass is 277 g/mol. The average molecular weight is 277 g/mol. The van der Waals surface area contributed by atoms with Crippen LogP contribution in [0.2, 0.25) is 0 Å². The molecular formula is C16H27N3O. The fraction of sp³-hybridized carbons (Fsp3) is 0.562. The minimum Gasteiger partial charge on any atom is -0.365 e. The summed E-state index contributed by atoms with van der Waals surface area (Å²) in [5, 5.41) is 6.33. The molecule has 0 bridgehead atoms. The topological polar surface area (TPSA) is 44.4 Å². The fourth-order valence-corrected chi connectivity index (χ4v) is 2.01. The van der Waals surface area contributed by atoms with Crippen molar-refractivity contribution in [1.82, 2.24) is 10.6 Å². The van der Waals surface area contributed by atoms with Gasteiger partial charge in [0.1, 0.15) is 0 Å². The first-order chi connectivity index (χ1) is 9.40. The molecule has 0 aliphatic rings. The Hall–Kier alpha value is -1.55. The average Bonchev–Trinajstić information content (AvgIpc) is 2.35. The molecule has 0 saturated heterocycles. The predicted molar refractivity (Wildman–Crippen MR) is 85.0 cm³/mol. The molecule has 0 fully saturated rings. The van der Waals surface area contributed by atoms with E-state index in [9.17, 15) is 4.79 Å². The van der Waals surface area contributed by atoms with Crippen LogP contribution in [0.4, 0.5) is 5.69 Å². The van der Waals surface area contributed by atoms with Gasteiger partial charge in [-0.2, -0.15) is 0 Å². The Morgan fingerprint density at radius 3 is 2.40 bits per heavy atom. The highest BCUT2D eigenvalue weighted by atomic mass is 16.2. The molecule has 4 nitrogen and oxygen atoms in total. The lowest BCUT2D eigenvalue weighted by atomic mass is 10.1. The van der Waals surface area contributed by atoms with Crippen LogP contribution in [0.5, 0.6) is 0 Å². The summed E-state index contributed by atoms with van der Waals surface area (Å²) in [5.41, 5.74) is 2.31. The van der Waals surface area contributed by atoms with Crippen molar-refractivity contribution < 1.29 is 4.79 Å². The van der Waals surface area contributed by atoms with E-state index in [0.717, 1.165) is 12.2 Å². The normalized spacial score (nSPS) is 10.9. The number of carbonyl (C=O) groups excluding carboxylic acids is 1. The minimum absolute atomic E-state index is 0.0501. The van der Waals surface area contributed by atoms with Crippen molar-refractivity contribution in [2.24, 2.45) is 0 Å². The van der Waals surface area contributed by atoms with E-state index in [1.807, 2.05) is 37.9 Å². The number of benzene rings is 1. The van der Waals surface area contributed by atoms with Gasteiger partial charge in [0.25, 0.3) is 0 Å². The van der Waals surface area contributed by atoms with E-state index in [0.29, 0.717) is 12.6 Å². The van der Waals surface area contributed by atoms with Gasteiger partial charge in [-0.25, -0.2) is 0 Å². The summed E-state index contributed by atoms with van der Waals surface area (Å²) < 4.78 is 0. The predicted octanol–water partition coefficient (Wildman–Crippen LogP) is 2.15. The summed E-state index contributed by atoms with van der Waals surface area (Å²) in [6, 6.07) is 8.81. The highest BCUT2D eigenvalue weighted by molar-refractivity contribution is 5.81. The lowest BCUT2D eigenvalue weighted by Crippen LogP contribution is -2.39. The second kappa shape index (κ2) is 7.90. The molecule has 0 aromatic heterocycles. The van der Waals surface area contributed by atoms with Crippen molar-refractivity contribution in [1.29, 1.82) is 0 Å². The van der Waals surface area contributed by atoms with Gasteiger partial charge < -0.3 is 15.5 Å². The van der Waals surface area contributed by atoms with Crippen molar-refractivity contribution >= 4 is 11.6 Å². The molecule has 2 N–H and O–H groups in total. The molecule has 0 aliphatic heterocycles. The Kier molecular flexibility index (Phi) is 6.52. The number of hydrogen-bond donors (Lipinski definition) is 2. The lowest BCUT2D eigenvalue weighted by molar-refractivity contribution is -0.120. The van der Waals surface area contributed by atoms with Crippen LogP contribution in [0.25, 0.3) is 0 Å². The molecule has 1 amide bonds. The van der Waals surface area contributed by atoms with E-state index in [1.165, 1.54) is 5.56 Å². The van der Waals surface area contributed by atoms with Gasteiger partial charge >= 0.3 is 0 Å². The van der Waals surface area contributed by atoms with Crippen LogP contribution in [-0.4, -0.2) is 31.6 Å². The Morgan fingerprint density at radius 1 is 1.15 bits per heavy atom.